The van der Waals surface area contributed by atoms with Gasteiger partial charge in [0.15, 0.2) is 0 Å². The van der Waals surface area contributed by atoms with E-state index >= 15 is 0 Å². The normalized spacial score (nSPS) is 29.8. The van der Waals surface area contributed by atoms with E-state index in [-0.39, 0.29) is 0 Å². The smallest absolute Gasteiger partial charge is 0.0815 e. The first-order valence-corrected chi connectivity index (χ1v) is 4.14. The van der Waals surface area contributed by atoms with Gasteiger partial charge in [0.05, 0.1) is 18.0 Å². The molecule has 1 atom stereocenters. The van der Waals surface area contributed by atoms with Crippen LogP contribution in [0, 0.1) is 0 Å². The quantitative estimate of drug-likeness (QED) is 0.584. The highest BCUT2D eigenvalue weighted by molar-refractivity contribution is 6.00. The molecule has 1 N–H and O–H groups in total. The molecule has 2 aliphatic rings. The maximum Gasteiger partial charge on any atom is 0.0815 e. The Hall–Kier alpha value is -0.830. The Bertz CT molecular complexity index is 190. The monoisotopic (exact) mass is 150 g/mol. The summed E-state index contributed by atoms with van der Waals surface area (Å²) in [6, 6.07) is 0.464. The van der Waals surface area contributed by atoms with Gasteiger partial charge in [-0.15, -0.1) is 0 Å². The second kappa shape index (κ2) is 3.05. The summed E-state index contributed by atoms with van der Waals surface area (Å²) in [4.78, 5) is 0. The summed E-state index contributed by atoms with van der Waals surface area (Å²) in [5.74, 6) is 0. The van der Waals surface area contributed by atoms with Crippen LogP contribution >= 0.6 is 0 Å². The van der Waals surface area contributed by atoms with Crippen LogP contribution < -0.4 is 10.7 Å². The van der Waals surface area contributed by atoms with Crippen LogP contribution in [-0.4, -0.2) is 18.3 Å². The molecule has 3 nitrogen and oxygen atoms in total. The third-order valence-electron chi connectivity index (χ3n) is 2.15. The molecule has 0 aromatic rings. The van der Waals surface area contributed by atoms with E-state index in [1.165, 1.54) is 19.3 Å². The molecule has 1 fully saturated rings. The number of hydrogen-bond acceptors (Lipinski definition) is 2. The number of nitrogens with one attached hydrogen (secondary N) is 1. The van der Waals surface area contributed by atoms with Crippen molar-refractivity contribution in [2.75, 3.05) is 6.54 Å². The van der Waals surface area contributed by atoms with Crippen molar-refractivity contribution in [1.29, 1.82) is 0 Å². The lowest BCUT2D eigenvalue weighted by molar-refractivity contribution is 0.472. The first-order valence-electron chi connectivity index (χ1n) is 4.14. The van der Waals surface area contributed by atoms with E-state index in [1.807, 2.05) is 6.08 Å². The zero-order valence-electron chi connectivity index (χ0n) is 6.45. The average molecular weight is 150 g/mol. The van der Waals surface area contributed by atoms with Crippen LogP contribution in [0.15, 0.2) is 17.4 Å². The van der Waals surface area contributed by atoms with Crippen molar-refractivity contribution in [3.05, 3.63) is 12.3 Å². The Labute approximate surface area is 66.6 Å². The molecular weight excluding hydrogens is 138 g/mol. The van der Waals surface area contributed by atoms with Gasteiger partial charge in [-0.05, 0) is 25.5 Å². The predicted octanol–water partition coefficient (Wildman–Crippen LogP) is 0.616. The topological polar surface area (TPSA) is 38.5 Å². The molecule has 1 unspecified atom stereocenters. The van der Waals surface area contributed by atoms with Crippen molar-refractivity contribution in [2.45, 2.75) is 25.3 Å². The van der Waals surface area contributed by atoms with Gasteiger partial charge in [-0.25, -0.2) is 0 Å². The van der Waals surface area contributed by atoms with Crippen LogP contribution in [0.1, 0.15) is 19.3 Å². The summed E-state index contributed by atoms with van der Waals surface area (Å²) < 4.78 is 0. The zero-order chi connectivity index (χ0) is 7.52. The highest BCUT2D eigenvalue weighted by Gasteiger charge is 2.18. The molecule has 2 heterocycles. The maximum atomic E-state index is 4.03. The Morgan fingerprint density at radius 3 is 3.09 bits per heavy atom. The van der Waals surface area contributed by atoms with Crippen molar-refractivity contribution in [3.63, 3.8) is 0 Å². The molecule has 1 radical (unpaired) electrons. The molecule has 0 amide bonds. The molecule has 0 aromatic heterocycles. The van der Waals surface area contributed by atoms with Gasteiger partial charge in [0.25, 0.3) is 0 Å². The Balaban J connectivity index is 1.97. The highest BCUT2D eigenvalue weighted by Crippen LogP contribution is 2.10. The lowest BCUT2D eigenvalue weighted by atomic mass is 10.0. The first kappa shape index (κ1) is 6.85. The second-order valence-electron chi connectivity index (χ2n) is 2.96. The van der Waals surface area contributed by atoms with Crippen LogP contribution in [0.4, 0.5) is 0 Å². The average Bonchev–Trinajstić information content (AvgIpc) is 2.58. The zero-order valence-corrected chi connectivity index (χ0v) is 6.45. The van der Waals surface area contributed by atoms with Crippen LogP contribution in [0.3, 0.4) is 0 Å². The maximum absolute atomic E-state index is 4.03. The summed E-state index contributed by atoms with van der Waals surface area (Å²) in [5, 5.41) is 7.45. The summed E-state index contributed by atoms with van der Waals surface area (Å²) in [6.07, 6.45) is 7.56. The molecule has 3 heteroatoms. The molecule has 0 aromatic carbocycles. The van der Waals surface area contributed by atoms with Crippen LogP contribution in [0.25, 0.3) is 0 Å². The van der Waals surface area contributed by atoms with E-state index in [1.54, 1.807) is 6.20 Å². The van der Waals surface area contributed by atoms with Crippen molar-refractivity contribution in [3.8, 4) is 0 Å². The molecule has 1 saturated heterocycles. The fourth-order valence-electron chi connectivity index (χ4n) is 1.53. The molecule has 0 aliphatic carbocycles. The van der Waals surface area contributed by atoms with Crippen LogP contribution in [-0.2, 0) is 0 Å². The van der Waals surface area contributed by atoms with Gasteiger partial charge in [0.1, 0.15) is 0 Å². The van der Waals surface area contributed by atoms with Crippen LogP contribution in [0.2, 0.25) is 0 Å². The number of rotatable bonds is 1. The Kier molecular flexibility index (Phi) is 1.90. The molecule has 0 spiro atoms. The summed E-state index contributed by atoms with van der Waals surface area (Å²) in [5.41, 5.74) is 4.91. The Morgan fingerprint density at radius 1 is 1.45 bits per heavy atom. The largest absolute Gasteiger partial charge is 0.309 e. The summed E-state index contributed by atoms with van der Waals surface area (Å²) in [7, 11) is 0. The van der Waals surface area contributed by atoms with Gasteiger partial charge < -0.3 is 5.32 Å². The van der Waals surface area contributed by atoms with Gasteiger partial charge >= 0.3 is 0 Å². The van der Waals surface area contributed by atoms with Gasteiger partial charge in [-0.1, -0.05) is 6.42 Å². The predicted molar refractivity (Wildman–Crippen MR) is 44.4 cm³/mol. The van der Waals surface area contributed by atoms with Gasteiger partial charge in [-0.2, -0.15) is 10.5 Å². The third-order valence-corrected chi connectivity index (χ3v) is 2.15. The van der Waals surface area contributed by atoms with E-state index in [0.717, 1.165) is 12.3 Å². The van der Waals surface area contributed by atoms with E-state index in [0.29, 0.717) is 6.04 Å². The fraction of sp³-hybridized carbons (Fsp3) is 0.625. The summed E-state index contributed by atoms with van der Waals surface area (Å²) >= 11 is 0. The van der Waals surface area contributed by atoms with Crippen molar-refractivity contribution in [2.24, 2.45) is 5.10 Å². The lowest BCUT2D eigenvalue weighted by Crippen LogP contribution is -2.39. The SMILES string of the molecule is C1=CC(C2CCCCN2)=N[N]1. The van der Waals surface area contributed by atoms with E-state index in [2.05, 4.69) is 15.8 Å². The standard InChI is InChI=1S/C8H12N3/c1-2-5-9-7(3-1)8-4-6-10-11-8/h4,6-7,9H,1-3,5H2. The molecule has 2 rings (SSSR count). The molecule has 59 valence electrons. The minimum absolute atomic E-state index is 0.464. The van der Waals surface area contributed by atoms with E-state index in [9.17, 15) is 0 Å². The lowest BCUT2D eigenvalue weighted by Gasteiger charge is -2.21. The molecular formula is C8H12N3. The summed E-state index contributed by atoms with van der Waals surface area (Å²) in [6.45, 7) is 1.12. The van der Waals surface area contributed by atoms with E-state index in [4.69, 9.17) is 0 Å². The van der Waals surface area contributed by atoms with Gasteiger partial charge in [-0.3, -0.25) is 0 Å². The number of piperidine rings is 1. The van der Waals surface area contributed by atoms with Crippen molar-refractivity contribution < 1.29 is 0 Å². The minimum atomic E-state index is 0.464. The number of nitrogens with zero attached hydrogens (tertiary/aromatic N) is 2. The van der Waals surface area contributed by atoms with E-state index < -0.39 is 0 Å². The van der Waals surface area contributed by atoms with Crippen molar-refractivity contribution in [1.82, 2.24) is 10.7 Å². The molecule has 11 heavy (non-hydrogen) atoms. The molecule has 2 aliphatic heterocycles. The third kappa shape index (κ3) is 1.43. The highest BCUT2D eigenvalue weighted by atomic mass is 15.3. The fourth-order valence-corrected chi connectivity index (χ4v) is 1.53. The van der Waals surface area contributed by atoms with Crippen molar-refractivity contribution >= 4 is 5.71 Å². The molecule has 0 saturated carbocycles. The number of hydrogen-bond donors (Lipinski definition) is 1. The second-order valence-corrected chi connectivity index (χ2v) is 2.96. The van der Waals surface area contributed by atoms with Gasteiger partial charge in [0.2, 0.25) is 0 Å². The van der Waals surface area contributed by atoms with Gasteiger partial charge in [0, 0.05) is 0 Å². The van der Waals surface area contributed by atoms with Crippen LogP contribution in [0.5, 0.6) is 0 Å². The minimum Gasteiger partial charge on any atom is -0.309 e. The first-order chi connectivity index (χ1) is 5.47. The Morgan fingerprint density at radius 2 is 2.45 bits per heavy atom. The molecule has 0 bridgehead atoms.